The second-order valence-electron chi connectivity index (χ2n) is 4.88. The number of aromatic nitrogens is 3. The number of para-hydroxylation sites is 1. The zero-order valence-electron chi connectivity index (χ0n) is 11.2. The molecule has 0 saturated heterocycles. The summed E-state index contributed by atoms with van der Waals surface area (Å²) in [6.45, 7) is 2.11. The van der Waals surface area contributed by atoms with E-state index in [1.807, 2.05) is 24.3 Å². The predicted octanol–water partition coefficient (Wildman–Crippen LogP) is 2.49. The molecule has 0 fully saturated rings. The minimum Gasteiger partial charge on any atom is -0.448 e. The van der Waals surface area contributed by atoms with Crippen LogP contribution in [0.2, 0.25) is 0 Å². The average Bonchev–Trinajstić information content (AvgIpc) is 3.06. The van der Waals surface area contributed by atoms with Gasteiger partial charge in [0.1, 0.15) is 22.6 Å². The van der Waals surface area contributed by atoms with Crippen LogP contribution in [0, 0.1) is 6.92 Å². The molecule has 0 bridgehead atoms. The average molecular weight is 281 g/mol. The van der Waals surface area contributed by atoms with Crippen LogP contribution in [-0.2, 0) is 6.54 Å². The first-order valence-corrected chi connectivity index (χ1v) is 6.51. The van der Waals surface area contributed by atoms with E-state index in [1.165, 1.54) is 10.9 Å². The van der Waals surface area contributed by atoms with E-state index >= 15 is 0 Å². The second-order valence-corrected chi connectivity index (χ2v) is 4.88. The monoisotopic (exact) mass is 281 g/mol. The molecule has 0 saturated carbocycles. The lowest BCUT2D eigenvalue weighted by molar-refractivity contribution is 0.388. The minimum absolute atomic E-state index is 0.225. The second kappa shape index (κ2) is 4.31. The highest BCUT2D eigenvalue weighted by molar-refractivity contribution is 6.01. The Kier molecular flexibility index (Phi) is 2.44. The molecule has 0 aliphatic heterocycles. The van der Waals surface area contributed by atoms with Crippen molar-refractivity contribution in [2.24, 2.45) is 0 Å². The van der Waals surface area contributed by atoms with E-state index in [0.717, 1.165) is 5.39 Å². The van der Waals surface area contributed by atoms with Crippen LogP contribution in [0.4, 0.5) is 0 Å². The van der Waals surface area contributed by atoms with E-state index in [1.54, 1.807) is 13.0 Å². The van der Waals surface area contributed by atoms with Crippen molar-refractivity contribution in [2.75, 3.05) is 0 Å². The Morgan fingerprint density at radius 2 is 2.14 bits per heavy atom. The predicted molar refractivity (Wildman–Crippen MR) is 76.1 cm³/mol. The first kappa shape index (κ1) is 11.9. The molecular weight excluding hydrogens is 270 g/mol. The van der Waals surface area contributed by atoms with Crippen molar-refractivity contribution in [2.45, 2.75) is 13.5 Å². The zero-order chi connectivity index (χ0) is 14.4. The van der Waals surface area contributed by atoms with Crippen LogP contribution in [0.15, 0.2) is 50.4 Å². The molecule has 0 N–H and O–H groups in total. The maximum Gasteiger partial charge on any atom is 0.297 e. The Labute approximate surface area is 118 Å². The standard InChI is InChI=1S/C15H11N3O3/c1-9-6-10(17-21-9)7-18-8-16-13-11-4-2-3-5-12(11)20-14(13)15(18)19/h2-6,8H,7H2,1H3. The summed E-state index contributed by atoms with van der Waals surface area (Å²) in [5.74, 6) is 0.704. The Hall–Kier alpha value is -2.89. The first-order chi connectivity index (χ1) is 10.2. The van der Waals surface area contributed by atoms with Gasteiger partial charge in [0.15, 0.2) is 0 Å². The fourth-order valence-corrected chi connectivity index (χ4v) is 2.39. The topological polar surface area (TPSA) is 74.1 Å². The molecular formula is C15H11N3O3. The third-order valence-corrected chi connectivity index (χ3v) is 3.36. The number of benzene rings is 1. The highest BCUT2D eigenvalue weighted by Crippen LogP contribution is 2.24. The van der Waals surface area contributed by atoms with Crippen molar-refractivity contribution in [1.82, 2.24) is 14.7 Å². The highest BCUT2D eigenvalue weighted by atomic mass is 16.5. The summed E-state index contributed by atoms with van der Waals surface area (Å²) < 4.78 is 12.1. The molecule has 0 aliphatic carbocycles. The van der Waals surface area contributed by atoms with Gasteiger partial charge in [-0.1, -0.05) is 17.3 Å². The van der Waals surface area contributed by atoms with E-state index < -0.39 is 0 Å². The van der Waals surface area contributed by atoms with E-state index in [2.05, 4.69) is 10.1 Å². The van der Waals surface area contributed by atoms with Crippen molar-refractivity contribution in [3.63, 3.8) is 0 Å². The molecule has 3 heterocycles. The molecule has 0 unspecified atom stereocenters. The number of furan rings is 1. The molecule has 0 aliphatic rings. The van der Waals surface area contributed by atoms with Crippen molar-refractivity contribution >= 4 is 22.1 Å². The van der Waals surface area contributed by atoms with Gasteiger partial charge in [-0.2, -0.15) is 0 Å². The molecule has 0 amide bonds. The van der Waals surface area contributed by atoms with Crippen LogP contribution in [0.1, 0.15) is 11.5 Å². The van der Waals surface area contributed by atoms with Gasteiger partial charge in [-0.25, -0.2) is 4.98 Å². The Bertz CT molecular complexity index is 1010. The Balaban J connectivity index is 1.90. The molecule has 0 spiro atoms. The normalized spacial score (nSPS) is 11.5. The highest BCUT2D eigenvalue weighted by Gasteiger charge is 2.13. The summed E-state index contributed by atoms with van der Waals surface area (Å²) in [5.41, 5.74) is 1.96. The third kappa shape index (κ3) is 1.84. The molecule has 6 nitrogen and oxygen atoms in total. The van der Waals surface area contributed by atoms with Crippen LogP contribution in [0.5, 0.6) is 0 Å². The molecule has 4 aromatic rings. The maximum atomic E-state index is 12.5. The number of hydrogen-bond acceptors (Lipinski definition) is 5. The third-order valence-electron chi connectivity index (χ3n) is 3.36. The van der Waals surface area contributed by atoms with Crippen molar-refractivity contribution in [3.8, 4) is 0 Å². The lowest BCUT2D eigenvalue weighted by atomic mass is 10.2. The molecule has 6 heteroatoms. The van der Waals surface area contributed by atoms with E-state index in [4.69, 9.17) is 8.94 Å². The summed E-state index contributed by atoms with van der Waals surface area (Å²) in [5, 5.41) is 4.72. The maximum absolute atomic E-state index is 12.5. The van der Waals surface area contributed by atoms with Gasteiger partial charge in [-0.15, -0.1) is 0 Å². The minimum atomic E-state index is -0.225. The molecule has 1 aromatic carbocycles. The van der Waals surface area contributed by atoms with Crippen molar-refractivity contribution in [3.05, 3.63) is 58.5 Å². The Morgan fingerprint density at radius 1 is 1.29 bits per heavy atom. The molecule has 0 radical (unpaired) electrons. The van der Waals surface area contributed by atoms with Gasteiger partial charge in [0.05, 0.1) is 12.9 Å². The van der Waals surface area contributed by atoms with Gasteiger partial charge in [0, 0.05) is 11.5 Å². The molecule has 104 valence electrons. The van der Waals surface area contributed by atoms with Gasteiger partial charge in [-0.3, -0.25) is 9.36 Å². The smallest absolute Gasteiger partial charge is 0.297 e. The van der Waals surface area contributed by atoms with E-state index in [9.17, 15) is 4.79 Å². The van der Waals surface area contributed by atoms with Crippen LogP contribution >= 0.6 is 0 Å². The lowest BCUT2D eigenvalue weighted by Gasteiger charge is -2.00. The number of rotatable bonds is 2. The number of nitrogens with zero attached hydrogens (tertiary/aromatic N) is 3. The molecule has 0 atom stereocenters. The largest absolute Gasteiger partial charge is 0.448 e. The Morgan fingerprint density at radius 3 is 2.95 bits per heavy atom. The fraction of sp³-hybridized carbons (Fsp3) is 0.133. The fourth-order valence-electron chi connectivity index (χ4n) is 2.39. The van der Waals surface area contributed by atoms with Gasteiger partial charge in [-0.05, 0) is 19.1 Å². The van der Waals surface area contributed by atoms with Crippen LogP contribution < -0.4 is 5.56 Å². The van der Waals surface area contributed by atoms with Crippen LogP contribution in [-0.4, -0.2) is 14.7 Å². The number of hydrogen-bond donors (Lipinski definition) is 0. The lowest BCUT2D eigenvalue weighted by Crippen LogP contribution is -2.20. The van der Waals surface area contributed by atoms with Gasteiger partial charge in [0.25, 0.3) is 5.56 Å². The summed E-state index contributed by atoms with van der Waals surface area (Å²) in [4.78, 5) is 16.8. The number of aryl methyl sites for hydroxylation is 1. The summed E-state index contributed by atoms with van der Waals surface area (Å²) >= 11 is 0. The number of fused-ring (bicyclic) bond motifs is 3. The van der Waals surface area contributed by atoms with Gasteiger partial charge >= 0.3 is 0 Å². The molecule has 4 rings (SSSR count). The van der Waals surface area contributed by atoms with Crippen molar-refractivity contribution in [1.29, 1.82) is 0 Å². The summed E-state index contributed by atoms with van der Waals surface area (Å²) in [6.07, 6.45) is 1.51. The molecule has 21 heavy (non-hydrogen) atoms. The SMILES string of the molecule is Cc1cc(Cn2cnc3c(oc4ccccc43)c2=O)no1. The summed E-state index contributed by atoms with van der Waals surface area (Å²) in [7, 11) is 0. The van der Waals surface area contributed by atoms with E-state index in [-0.39, 0.29) is 11.1 Å². The van der Waals surface area contributed by atoms with E-state index in [0.29, 0.717) is 29.1 Å². The zero-order valence-corrected chi connectivity index (χ0v) is 11.2. The summed E-state index contributed by atoms with van der Waals surface area (Å²) in [6, 6.07) is 9.25. The van der Waals surface area contributed by atoms with Crippen molar-refractivity contribution < 1.29 is 8.94 Å². The van der Waals surface area contributed by atoms with Gasteiger partial charge < -0.3 is 8.94 Å². The molecule has 3 aromatic heterocycles. The first-order valence-electron chi connectivity index (χ1n) is 6.51. The van der Waals surface area contributed by atoms with Gasteiger partial charge in [0.2, 0.25) is 5.58 Å². The van der Waals surface area contributed by atoms with Crippen LogP contribution in [0.3, 0.4) is 0 Å². The van der Waals surface area contributed by atoms with Crippen LogP contribution in [0.25, 0.3) is 22.1 Å². The quantitative estimate of drug-likeness (QED) is 0.564.